The monoisotopic (exact) mass is 384 g/mol. The Morgan fingerprint density at radius 1 is 1.15 bits per heavy atom. The molecule has 5 nitrogen and oxygen atoms in total. The highest BCUT2D eigenvalue weighted by molar-refractivity contribution is 6.33. The van der Waals surface area contributed by atoms with Gasteiger partial charge in [-0.25, -0.2) is 4.39 Å². The summed E-state index contributed by atoms with van der Waals surface area (Å²) in [7, 11) is 0. The van der Waals surface area contributed by atoms with Crippen molar-refractivity contribution < 1.29 is 19.4 Å². The van der Waals surface area contributed by atoms with Gasteiger partial charge in [-0.2, -0.15) is 0 Å². The first-order valence-corrected chi connectivity index (χ1v) is 9.58. The lowest BCUT2D eigenvalue weighted by atomic mass is 9.93. The third kappa shape index (κ3) is 4.19. The number of hydrogen-bond donors (Lipinski definition) is 2. The van der Waals surface area contributed by atoms with Gasteiger partial charge in [-0.1, -0.05) is 17.7 Å². The van der Waals surface area contributed by atoms with Gasteiger partial charge in [0.1, 0.15) is 5.82 Å². The van der Waals surface area contributed by atoms with Gasteiger partial charge in [0, 0.05) is 38.8 Å². The highest BCUT2D eigenvalue weighted by atomic mass is 35.5. The maximum Gasteiger partial charge on any atom is 0.258 e. The molecule has 2 fully saturated rings. The molecule has 0 aliphatic carbocycles. The lowest BCUT2D eigenvalue weighted by Crippen LogP contribution is -2.40. The fourth-order valence-electron chi connectivity index (χ4n) is 4.06. The molecule has 2 aliphatic rings. The van der Waals surface area contributed by atoms with E-state index in [1.807, 2.05) is 0 Å². The van der Waals surface area contributed by atoms with E-state index in [1.54, 1.807) is 4.90 Å². The normalized spacial score (nSPS) is 25.0. The van der Waals surface area contributed by atoms with Crippen molar-refractivity contribution in [1.29, 1.82) is 0 Å². The zero-order chi connectivity index (χ0) is 18.7. The van der Waals surface area contributed by atoms with Gasteiger partial charge >= 0.3 is 0 Å². The molecular formula is C19H26ClFN2O3. The summed E-state index contributed by atoms with van der Waals surface area (Å²) in [6, 6.07) is 4.23. The predicted molar refractivity (Wildman–Crippen MR) is 97.6 cm³/mol. The highest BCUT2D eigenvalue weighted by Gasteiger charge is 2.37. The van der Waals surface area contributed by atoms with E-state index in [2.05, 4.69) is 4.90 Å². The lowest BCUT2D eigenvalue weighted by molar-refractivity contribution is 0.0771. The Hall–Kier alpha value is -1.21. The lowest BCUT2D eigenvalue weighted by Gasteiger charge is -2.33. The number of benzene rings is 1. The van der Waals surface area contributed by atoms with E-state index >= 15 is 0 Å². The van der Waals surface area contributed by atoms with Crippen LogP contribution in [0.1, 0.15) is 23.2 Å². The Balaban J connectivity index is 1.64. The first kappa shape index (κ1) is 19.5. The molecule has 1 aromatic rings. The molecule has 0 unspecified atom stereocenters. The standard InChI is InChI=1S/C19H26ClFN2O3/c20-16-2-1-3-17(21)18(16)19(26)23-9-14(15(10-23)12-25)8-22-6-4-13(11-24)5-7-22/h1-3,13-15,24-25H,4-12H2/t14-,15-/m1/s1. The van der Waals surface area contributed by atoms with Gasteiger partial charge < -0.3 is 20.0 Å². The van der Waals surface area contributed by atoms with Crippen molar-refractivity contribution in [2.24, 2.45) is 17.8 Å². The number of aliphatic hydroxyl groups excluding tert-OH is 2. The van der Waals surface area contributed by atoms with E-state index in [0.29, 0.717) is 19.0 Å². The Kier molecular flexibility index (Phi) is 6.51. The van der Waals surface area contributed by atoms with E-state index in [9.17, 15) is 19.4 Å². The first-order valence-electron chi connectivity index (χ1n) is 9.20. The third-order valence-corrected chi connectivity index (χ3v) is 6.05. The van der Waals surface area contributed by atoms with Crippen molar-refractivity contribution in [3.63, 3.8) is 0 Å². The average Bonchev–Trinajstić information content (AvgIpc) is 3.05. The SMILES string of the molecule is O=C(c1c(F)cccc1Cl)N1C[C@@H](CN2CCC(CO)CC2)[C@@H](CO)C1. The number of aliphatic hydroxyl groups is 2. The van der Waals surface area contributed by atoms with Crippen LogP contribution in [0.15, 0.2) is 18.2 Å². The van der Waals surface area contributed by atoms with Crippen LogP contribution in [0.4, 0.5) is 4.39 Å². The number of halogens is 2. The summed E-state index contributed by atoms with van der Waals surface area (Å²) in [6.07, 6.45) is 1.95. The summed E-state index contributed by atoms with van der Waals surface area (Å²) >= 11 is 6.03. The van der Waals surface area contributed by atoms with Crippen molar-refractivity contribution in [3.05, 3.63) is 34.6 Å². The second-order valence-corrected chi connectivity index (χ2v) is 7.84. The van der Waals surface area contributed by atoms with Crippen molar-refractivity contribution in [2.45, 2.75) is 12.8 Å². The molecule has 0 radical (unpaired) electrons. The molecule has 2 N–H and O–H groups in total. The maximum atomic E-state index is 14.1. The van der Waals surface area contributed by atoms with Crippen LogP contribution in [0.3, 0.4) is 0 Å². The second kappa shape index (κ2) is 8.65. The molecule has 144 valence electrons. The number of rotatable bonds is 5. The molecule has 1 aromatic carbocycles. The topological polar surface area (TPSA) is 64.0 Å². The average molecular weight is 385 g/mol. The van der Waals surface area contributed by atoms with Crippen LogP contribution in [-0.2, 0) is 0 Å². The number of carbonyl (C=O) groups is 1. The molecule has 1 amide bonds. The van der Waals surface area contributed by atoms with Crippen LogP contribution >= 0.6 is 11.6 Å². The van der Waals surface area contributed by atoms with Gasteiger partial charge in [-0.3, -0.25) is 4.79 Å². The summed E-state index contributed by atoms with van der Waals surface area (Å²) in [6.45, 7) is 3.80. The second-order valence-electron chi connectivity index (χ2n) is 7.44. The van der Waals surface area contributed by atoms with E-state index in [-0.39, 0.29) is 35.6 Å². The van der Waals surface area contributed by atoms with Crippen molar-refractivity contribution >= 4 is 17.5 Å². The summed E-state index contributed by atoms with van der Waals surface area (Å²) in [5, 5.41) is 19.1. The van der Waals surface area contributed by atoms with Gasteiger partial charge in [0.15, 0.2) is 0 Å². The minimum atomic E-state index is -0.613. The molecule has 0 spiro atoms. The van der Waals surface area contributed by atoms with Crippen molar-refractivity contribution in [2.75, 3.05) is 45.9 Å². The quantitative estimate of drug-likeness (QED) is 0.813. The largest absolute Gasteiger partial charge is 0.396 e. The third-order valence-electron chi connectivity index (χ3n) is 5.73. The molecule has 0 bridgehead atoms. The van der Waals surface area contributed by atoms with E-state index < -0.39 is 11.7 Å². The van der Waals surface area contributed by atoms with Crippen LogP contribution in [0.25, 0.3) is 0 Å². The number of piperidine rings is 1. The molecule has 2 heterocycles. The molecular weight excluding hydrogens is 359 g/mol. The molecule has 3 rings (SSSR count). The van der Waals surface area contributed by atoms with Crippen LogP contribution in [0.2, 0.25) is 5.02 Å². The molecule has 2 saturated heterocycles. The minimum Gasteiger partial charge on any atom is -0.396 e. The van der Waals surface area contributed by atoms with E-state index in [0.717, 1.165) is 32.5 Å². The zero-order valence-corrected chi connectivity index (χ0v) is 15.5. The molecule has 0 aromatic heterocycles. The van der Waals surface area contributed by atoms with Gasteiger partial charge in [0.05, 0.1) is 10.6 Å². The number of nitrogens with zero attached hydrogens (tertiary/aromatic N) is 2. The summed E-state index contributed by atoms with van der Waals surface area (Å²) < 4.78 is 14.1. The Bertz CT molecular complexity index is 617. The van der Waals surface area contributed by atoms with Crippen LogP contribution in [0.5, 0.6) is 0 Å². The van der Waals surface area contributed by atoms with Gasteiger partial charge in [0.25, 0.3) is 5.91 Å². The van der Waals surface area contributed by atoms with E-state index in [4.69, 9.17) is 11.6 Å². The predicted octanol–water partition coefficient (Wildman–Crippen LogP) is 1.86. The highest BCUT2D eigenvalue weighted by Crippen LogP contribution is 2.29. The summed E-state index contributed by atoms with van der Waals surface area (Å²) in [4.78, 5) is 16.7. The Morgan fingerprint density at radius 3 is 2.46 bits per heavy atom. The molecule has 7 heteroatoms. The number of hydrogen-bond acceptors (Lipinski definition) is 4. The van der Waals surface area contributed by atoms with Crippen molar-refractivity contribution in [3.8, 4) is 0 Å². The smallest absolute Gasteiger partial charge is 0.258 e. The van der Waals surface area contributed by atoms with Gasteiger partial charge in [0.2, 0.25) is 0 Å². The number of carbonyl (C=O) groups excluding carboxylic acids is 1. The zero-order valence-electron chi connectivity index (χ0n) is 14.8. The minimum absolute atomic E-state index is 0.00650. The molecule has 26 heavy (non-hydrogen) atoms. The summed E-state index contributed by atoms with van der Waals surface area (Å²) in [5.74, 6) is -0.504. The number of amides is 1. The molecule has 0 saturated carbocycles. The number of likely N-dealkylation sites (tertiary alicyclic amines) is 2. The first-order chi connectivity index (χ1) is 12.5. The fourth-order valence-corrected chi connectivity index (χ4v) is 4.31. The molecule has 2 aliphatic heterocycles. The maximum absolute atomic E-state index is 14.1. The van der Waals surface area contributed by atoms with Gasteiger partial charge in [-0.15, -0.1) is 0 Å². The van der Waals surface area contributed by atoms with E-state index in [1.165, 1.54) is 18.2 Å². The Morgan fingerprint density at radius 2 is 1.85 bits per heavy atom. The fraction of sp³-hybridized carbons (Fsp3) is 0.632. The Labute approximate surface area is 158 Å². The van der Waals surface area contributed by atoms with Crippen LogP contribution in [-0.4, -0.2) is 71.9 Å². The van der Waals surface area contributed by atoms with Crippen LogP contribution in [0, 0.1) is 23.6 Å². The molecule has 2 atom stereocenters. The van der Waals surface area contributed by atoms with Crippen LogP contribution < -0.4 is 0 Å². The summed E-state index contributed by atoms with van der Waals surface area (Å²) in [5.41, 5.74) is -0.0877. The van der Waals surface area contributed by atoms with Gasteiger partial charge in [-0.05, 0) is 49.9 Å². The van der Waals surface area contributed by atoms with Crippen molar-refractivity contribution in [1.82, 2.24) is 9.80 Å².